The summed E-state index contributed by atoms with van der Waals surface area (Å²) >= 11 is 2.05. The molecular formula is C15H25NOS. The van der Waals surface area contributed by atoms with Gasteiger partial charge in [0.1, 0.15) is 0 Å². The smallest absolute Gasteiger partial charge is 0.226 e. The Balaban J connectivity index is 1.58. The molecule has 3 atom stereocenters. The SMILES string of the molecule is CCSC1CCCCN(C(=O)C2C3CCCC32)C1. The van der Waals surface area contributed by atoms with Gasteiger partial charge < -0.3 is 4.90 Å². The van der Waals surface area contributed by atoms with E-state index >= 15 is 0 Å². The summed E-state index contributed by atoms with van der Waals surface area (Å²) in [4.78, 5) is 14.8. The van der Waals surface area contributed by atoms with Crippen LogP contribution in [0.3, 0.4) is 0 Å². The molecule has 0 bridgehead atoms. The minimum atomic E-state index is 0.434. The third kappa shape index (κ3) is 2.43. The summed E-state index contributed by atoms with van der Waals surface area (Å²) in [6.07, 6.45) is 7.84. The number of rotatable bonds is 3. The number of carbonyl (C=O) groups is 1. The molecule has 2 aliphatic carbocycles. The van der Waals surface area contributed by atoms with Crippen LogP contribution in [0.15, 0.2) is 0 Å². The van der Waals surface area contributed by atoms with Crippen LogP contribution in [0.2, 0.25) is 0 Å². The molecule has 0 aromatic heterocycles. The standard InChI is InChI=1S/C15H25NOS/c1-2-18-11-6-3-4-9-16(10-11)15(17)14-12-7-5-8-13(12)14/h11-14H,2-10H2,1H3. The first-order valence-electron chi connectivity index (χ1n) is 7.71. The molecule has 3 aliphatic rings. The van der Waals surface area contributed by atoms with Gasteiger partial charge in [-0.1, -0.05) is 19.8 Å². The molecule has 0 spiro atoms. The summed E-state index contributed by atoms with van der Waals surface area (Å²) < 4.78 is 0. The van der Waals surface area contributed by atoms with E-state index in [0.717, 1.165) is 24.9 Å². The number of hydrogen-bond donors (Lipinski definition) is 0. The summed E-state index contributed by atoms with van der Waals surface area (Å²) in [5, 5.41) is 0.694. The van der Waals surface area contributed by atoms with Crippen LogP contribution < -0.4 is 0 Å². The Morgan fingerprint density at radius 1 is 1.17 bits per heavy atom. The first-order valence-corrected chi connectivity index (χ1v) is 8.76. The molecule has 3 rings (SSSR count). The van der Waals surface area contributed by atoms with Gasteiger partial charge in [0, 0.05) is 24.3 Å². The Morgan fingerprint density at radius 3 is 2.67 bits per heavy atom. The summed E-state index contributed by atoms with van der Waals surface area (Å²) in [5.41, 5.74) is 0. The molecule has 102 valence electrons. The van der Waals surface area contributed by atoms with Crippen LogP contribution in [0.5, 0.6) is 0 Å². The molecular weight excluding hydrogens is 242 g/mol. The molecule has 0 aromatic rings. The number of nitrogens with zero attached hydrogens (tertiary/aromatic N) is 1. The summed E-state index contributed by atoms with van der Waals surface area (Å²) in [5.74, 6) is 3.68. The maximum atomic E-state index is 12.6. The number of hydrogen-bond acceptors (Lipinski definition) is 2. The van der Waals surface area contributed by atoms with E-state index in [4.69, 9.17) is 0 Å². The predicted molar refractivity (Wildman–Crippen MR) is 76.7 cm³/mol. The Labute approximate surface area is 115 Å². The van der Waals surface area contributed by atoms with E-state index in [2.05, 4.69) is 11.8 Å². The van der Waals surface area contributed by atoms with Crippen LogP contribution in [-0.2, 0) is 4.79 Å². The quantitative estimate of drug-likeness (QED) is 0.783. The average molecular weight is 267 g/mol. The van der Waals surface area contributed by atoms with E-state index in [1.807, 2.05) is 11.8 Å². The second-order valence-corrected chi connectivity index (χ2v) is 7.72. The lowest BCUT2D eigenvalue weighted by atomic mass is 10.1. The zero-order valence-corrected chi connectivity index (χ0v) is 12.3. The van der Waals surface area contributed by atoms with Crippen molar-refractivity contribution in [1.29, 1.82) is 0 Å². The molecule has 0 radical (unpaired) electrons. The van der Waals surface area contributed by atoms with E-state index in [1.54, 1.807) is 0 Å². The Morgan fingerprint density at radius 2 is 1.94 bits per heavy atom. The van der Waals surface area contributed by atoms with Gasteiger partial charge in [-0.05, 0) is 43.3 Å². The van der Waals surface area contributed by atoms with Crippen molar-refractivity contribution in [3.8, 4) is 0 Å². The summed E-state index contributed by atoms with van der Waals surface area (Å²) in [7, 11) is 0. The van der Waals surface area contributed by atoms with Crippen molar-refractivity contribution >= 4 is 17.7 Å². The number of amides is 1. The number of carbonyl (C=O) groups excluding carboxylic acids is 1. The van der Waals surface area contributed by atoms with Crippen molar-refractivity contribution in [3.05, 3.63) is 0 Å². The van der Waals surface area contributed by atoms with Crippen molar-refractivity contribution in [3.63, 3.8) is 0 Å². The fraction of sp³-hybridized carbons (Fsp3) is 0.933. The minimum Gasteiger partial charge on any atom is -0.341 e. The molecule has 1 heterocycles. The normalized spacial score (nSPS) is 39.3. The van der Waals surface area contributed by atoms with Crippen LogP contribution in [0, 0.1) is 17.8 Å². The van der Waals surface area contributed by atoms with E-state index in [1.165, 1.54) is 44.3 Å². The molecule has 3 heteroatoms. The maximum Gasteiger partial charge on any atom is 0.226 e. The maximum absolute atomic E-state index is 12.6. The fourth-order valence-corrected chi connectivity index (χ4v) is 5.16. The highest BCUT2D eigenvalue weighted by Crippen LogP contribution is 2.58. The zero-order chi connectivity index (χ0) is 12.5. The van der Waals surface area contributed by atoms with Crippen molar-refractivity contribution in [2.24, 2.45) is 17.8 Å². The highest BCUT2D eigenvalue weighted by Gasteiger charge is 2.57. The molecule has 3 fully saturated rings. The second kappa shape index (κ2) is 5.44. The molecule has 0 aromatic carbocycles. The zero-order valence-electron chi connectivity index (χ0n) is 11.4. The fourth-order valence-electron chi connectivity index (χ4n) is 4.07. The van der Waals surface area contributed by atoms with Crippen LogP contribution in [0.1, 0.15) is 45.4 Å². The van der Waals surface area contributed by atoms with Gasteiger partial charge in [-0.3, -0.25) is 4.79 Å². The lowest BCUT2D eigenvalue weighted by molar-refractivity contribution is -0.133. The third-order valence-electron chi connectivity index (χ3n) is 5.03. The summed E-state index contributed by atoms with van der Waals surface area (Å²) in [6.45, 7) is 4.27. The van der Waals surface area contributed by atoms with Crippen LogP contribution in [-0.4, -0.2) is 34.9 Å². The molecule has 0 N–H and O–H groups in total. The van der Waals surface area contributed by atoms with Crippen molar-refractivity contribution in [2.75, 3.05) is 18.8 Å². The van der Waals surface area contributed by atoms with Crippen molar-refractivity contribution in [1.82, 2.24) is 4.90 Å². The van der Waals surface area contributed by atoms with Gasteiger partial charge in [0.15, 0.2) is 0 Å². The molecule has 18 heavy (non-hydrogen) atoms. The summed E-state index contributed by atoms with van der Waals surface area (Å²) in [6, 6.07) is 0. The van der Waals surface area contributed by atoms with E-state index in [-0.39, 0.29) is 0 Å². The lowest BCUT2D eigenvalue weighted by Crippen LogP contribution is -2.37. The van der Waals surface area contributed by atoms with Crippen LogP contribution in [0.25, 0.3) is 0 Å². The highest BCUT2D eigenvalue weighted by molar-refractivity contribution is 7.99. The Kier molecular flexibility index (Phi) is 3.88. The Bertz CT molecular complexity index is 310. The van der Waals surface area contributed by atoms with Gasteiger partial charge in [-0.15, -0.1) is 0 Å². The van der Waals surface area contributed by atoms with Crippen molar-refractivity contribution in [2.45, 2.75) is 50.7 Å². The largest absolute Gasteiger partial charge is 0.341 e. The number of fused-ring (bicyclic) bond motifs is 1. The predicted octanol–water partition coefficient (Wildman–Crippen LogP) is 3.17. The van der Waals surface area contributed by atoms with Crippen LogP contribution in [0.4, 0.5) is 0 Å². The lowest BCUT2D eigenvalue weighted by Gasteiger charge is -2.25. The average Bonchev–Trinajstić information content (AvgIpc) is 2.96. The monoisotopic (exact) mass is 267 g/mol. The molecule has 1 aliphatic heterocycles. The topological polar surface area (TPSA) is 20.3 Å². The third-order valence-corrected chi connectivity index (χ3v) is 6.22. The van der Waals surface area contributed by atoms with Gasteiger partial charge in [0.2, 0.25) is 5.91 Å². The second-order valence-electron chi connectivity index (χ2n) is 6.14. The van der Waals surface area contributed by atoms with Gasteiger partial charge in [-0.25, -0.2) is 0 Å². The molecule has 1 amide bonds. The van der Waals surface area contributed by atoms with Gasteiger partial charge in [0.25, 0.3) is 0 Å². The Hall–Kier alpha value is -0.180. The minimum absolute atomic E-state index is 0.434. The van der Waals surface area contributed by atoms with E-state index in [9.17, 15) is 4.79 Å². The van der Waals surface area contributed by atoms with E-state index < -0.39 is 0 Å². The molecule has 1 saturated heterocycles. The van der Waals surface area contributed by atoms with Crippen molar-refractivity contribution < 1.29 is 4.79 Å². The van der Waals surface area contributed by atoms with E-state index in [0.29, 0.717) is 17.1 Å². The van der Waals surface area contributed by atoms with Gasteiger partial charge in [0.05, 0.1) is 0 Å². The molecule has 3 unspecified atom stereocenters. The highest BCUT2D eigenvalue weighted by atomic mass is 32.2. The molecule has 2 saturated carbocycles. The first kappa shape index (κ1) is 12.8. The van der Waals surface area contributed by atoms with Gasteiger partial charge >= 0.3 is 0 Å². The molecule has 2 nitrogen and oxygen atoms in total. The number of likely N-dealkylation sites (tertiary alicyclic amines) is 1. The van der Waals surface area contributed by atoms with Gasteiger partial charge in [-0.2, -0.15) is 11.8 Å². The first-order chi connectivity index (χ1) is 8.81. The van der Waals surface area contributed by atoms with Crippen LogP contribution >= 0.6 is 11.8 Å². The number of thioether (sulfide) groups is 1.